The molecule has 12 aliphatic rings. The molecular weight excluding hydrogens is 2000 g/mol. The third kappa shape index (κ3) is 26.3. The first-order valence-electron chi connectivity index (χ1n) is 46.9. The van der Waals surface area contributed by atoms with Crippen molar-refractivity contribution in [2.75, 3.05) is 66.1 Å². The van der Waals surface area contributed by atoms with Crippen LogP contribution in [0.3, 0.4) is 0 Å². The molecule has 0 aromatic heterocycles. The predicted molar refractivity (Wildman–Crippen MR) is 450 cm³/mol. The van der Waals surface area contributed by atoms with E-state index in [2.05, 4.69) is 26.6 Å². The van der Waals surface area contributed by atoms with Crippen molar-refractivity contribution in [3.8, 4) is 0 Å². The molecule has 12 saturated heterocycles. The van der Waals surface area contributed by atoms with Gasteiger partial charge in [0.25, 0.3) is 0 Å². The van der Waals surface area contributed by atoms with Gasteiger partial charge in [0.05, 0.1) is 78.3 Å². The topological polar surface area (TPSA) is 985 Å². The van der Waals surface area contributed by atoms with Crippen LogP contribution in [0, 0.1) is 0 Å². The van der Waals surface area contributed by atoms with Crippen LogP contribution >= 0.6 is 0 Å². The van der Waals surface area contributed by atoms with E-state index < -0.39 is 464 Å². The Balaban J connectivity index is 0.945. The molecule has 0 aromatic carbocycles. The normalized spacial score (nSPS) is 49.8. The number of carbonyl (C=O) groups excluding carboxylic acids is 5. The van der Waals surface area contributed by atoms with Gasteiger partial charge in [-0.1, -0.05) is 0 Å². The maximum Gasteiger partial charge on any atom is 0.217 e. The average molecular weight is 2140 g/mol. The lowest BCUT2D eigenvalue weighted by atomic mass is 9.93. The molecule has 12 fully saturated rings. The summed E-state index contributed by atoms with van der Waals surface area (Å²) in [5, 5.41) is 365. The van der Waals surface area contributed by atoms with Crippen LogP contribution in [0.15, 0.2) is 0 Å². The molecule has 12 rings (SSSR count). The summed E-state index contributed by atoms with van der Waals surface area (Å²) in [4.78, 5) is 66.0. The van der Waals surface area contributed by atoms with Crippen LogP contribution in [0.5, 0.6) is 0 Å². The number of hydrogen-bond acceptors (Lipinski definition) is 59. The van der Waals surface area contributed by atoms with Crippen molar-refractivity contribution in [1.82, 2.24) is 26.6 Å². The average Bonchev–Trinajstić information content (AvgIpc) is 0.745. The maximum absolute atomic E-state index is 13.6. The molecule has 0 aromatic rings. The van der Waals surface area contributed by atoms with Crippen molar-refractivity contribution in [2.24, 2.45) is 0 Å². The van der Waals surface area contributed by atoms with E-state index in [9.17, 15) is 182 Å². The van der Waals surface area contributed by atoms with Crippen molar-refractivity contribution < 1.29 is 291 Å². The second-order valence-corrected chi connectivity index (χ2v) is 37.3. The first kappa shape index (κ1) is 120. The standard InChI is InChI=1S/C82H137N5O59/c1-18-40(102)52(114)58(120)76(125-18)145-69-56(118)45(107)27(10-90)130-80(69)139-63-32(15-95)134-74(38(50(63)112)86-23(6)100)143-67-54(116)43(105)26(9-89)129-79(67)124-17-34-65(141-72-36(84-21(4)98)47(109)42(104)25(8-88)128-72)66(60(122)78(136-34)138-62-31(14-94)133-73(37(49(62)111)85-22(5)99)137-61-30(13-93)127-71(123)35(48(61)110)83-20(3)97)142-82-68(55(117)44(106)29(12-92)132-82)144-75-39(87-24(7)101)51(113)64(33(16-96)135-75)140-81-70(57(119)46(108)28(11-91)131-81)146-77-59(121)53(115)41(103)19(2)126-77/h18-19,25-82,88-96,102-123H,8-17H2,1-7H3,(H,83,97)(H,84,98)(H,85,99)(H,86,100)(H,87,101)/t18-,19-,25+,26+,27+,28+,29+,30+,31+,32+,33+,34+,35+,36+,37+,38+,39+,40+,41+,42+,43+,44+,45-,46-,47+,48+,49+,50+,51+,52+,53+,54-,55-,56-,57-,58-,59-,60-,61+,62+,63+,64+,65+,66+,67-,68-,69+,70+,71+,72-,73-,74-,75-,76-,77-,78-,79-,80-,81-,82+/m0/s1. The monoisotopic (exact) mass is 2140 g/mol. The van der Waals surface area contributed by atoms with Crippen LogP contribution in [0.4, 0.5) is 0 Å². The number of rotatable bonds is 37. The third-order valence-electron chi connectivity index (χ3n) is 27.0. The lowest BCUT2D eigenvalue weighted by molar-refractivity contribution is -0.410. The minimum absolute atomic E-state index is 0.846. The van der Waals surface area contributed by atoms with Gasteiger partial charge in [0.15, 0.2) is 75.5 Å². The number of aliphatic hydroxyl groups is 31. The third-order valence-corrected chi connectivity index (χ3v) is 27.0. The molecule has 0 saturated carbocycles. The number of ether oxygens (including phenoxy) is 23. The van der Waals surface area contributed by atoms with Crippen LogP contribution in [-0.4, -0.2) is 622 Å². The van der Waals surface area contributed by atoms with Gasteiger partial charge in [-0.05, 0) is 13.8 Å². The van der Waals surface area contributed by atoms with Crippen LogP contribution in [-0.2, 0) is 133 Å². The van der Waals surface area contributed by atoms with Crippen LogP contribution in [0.25, 0.3) is 0 Å². The summed E-state index contributed by atoms with van der Waals surface area (Å²) in [5.41, 5.74) is 0. The Hall–Kier alpha value is -4.81. The van der Waals surface area contributed by atoms with E-state index in [1.807, 2.05) is 0 Å². The molecule has 0 unspecified atom stereocenters. The number of hydrogen-bond donors (Lipinski definition) is 36. The summed E-state index contributed by atoms with van der Waals surface area (Å²) in [6.07, 6.45) is -120. The lowest BCUT2D eigenvalue weighted by Crippen LogP contribution is -2.72. The lowest BCUT2D eigenvalue weighted by Gasteiger charge is -2.52. The molecule has 64 nitrogen and oxygen atoms in total. The van der Waals surface area contributed by atoms with E-state index in [0.29, 0.717) is 0 Å². The first-order chi connectivity index (χ1) is 69.0. The Bertz CT molecular complexity index is 4090. The molecule has 60 atom stereocenters. The molecule has 146 heavy (non-hydrogen) atoms. The van der Waals surface area contributed by atoms with Gasteiger partial charge in [0, 0.05) is 34.6 Å². The van der Waals surface area contributed by atoms with Gasteiger partial charge in [-0.25, -0.2) is 0 Å². The first-order valence-corrected chi connectivity index (χ1v) is 46.9. The molecular formula is C82H137N5O59. The zero-order valence-corrected chi connectivity index (χ0v) is 79.0. The van der Waals surface area contributed by atoms with Crippen molar-refractivity contribution in [2.45, 2.75) is 417 Å². The van der Waals surface area contributed by atoms with Crippen molar-refractivity contribution in [3.05, 3.63) is 0 Å². The summed E-state index contributed by atoms with van der Waals surface area (Å²) >= 11 is 0. The van der Waals surface area contributed by atoms with Gasteiger partial charge in [0.1, 0.15) is 280 Å². The Morgan fingerprint density at radius 3 is 0.733 bits per heavy atom. The van der Waals surface area contributed by atoms with Gasteiger partial charge in [-0.15, -0.1) is 0 Å². The Morgan fingerprint density at radius 2 is 0.411 bits per heavy atom. The molecule has 0 radical (unpaired) electrons. The van der Waals surface area contributed by atoms with E-state index in [0.717, 1.165) is 34.6 Å². The molecule has 12 aliphatic heterocycles. The molecule has 36 N–H and O–H groups in total. The molecule has 12 heterocycles. The largest absolute Gasteiger partial charge is 0.394 e. The summed E-state index contributed by atoms with van der Waals surface area (Å²) in [5.74, 6) is -5.05. The van der Waals surface area contributed by atoms with Gasteiger partial charge in [-0.3, -0.25) is 24.0 Å². The van der Waals surface area contributed by atoms with Gasteiger partial charge < -0.3 is 294 Å². The fourth-order valence-electron chi connectivity index (χ4n) is 19.2. The van der Waals surface area contributed by atoms with Crippen molar-refractivity contribution >= 4 is 29.5 Å². The van der Waals surface area contributed by atoms with Crippen LogP contribution in [0.1, 0.15) is 48.5 Å². The molecule has 844 valence electrons. The smallest absolute Gasteiger partial charge is 0.217 e. The zero-order chi connectivity index (χ0) is 107. The number of aliphatic hydroxyl groups excluding tert-OH is 31. The van der Waals surface area contributed by atoms with E-state index in [4.69, 9.17) is 109 Å². The van der Waals surface area contributed by atoms with Gasteiger partial charge in [0.2, 0.25) is 29.5 Å². The fraction of sp³-hybridized carbons (Fsp3) is 0.939. The zero-order valence-electron chi connectivity index (χ0n) is 79.0. The Morgan fingerprint density at radius 1 is 0.192 bits per heavy atom. The van der Waals surface area contributed by atoms with Crippen molar-refractivity contribution in [1.29, 1.82) is 0 Å². The highest BCUT2D eigenvalue weighted by molar-refractivity contribution is 5.75. The SMILES string of the molecule is CC(=O)N[C@@H]1[C@@H](O)[C@H](O[C@@H]2O[C@H](CO)[C@@H](O[C@@H]3O[C@H](CO[C@H]4O[C@H](CO)[C@@H](O)[C@H](O)[C@@H]4O[C@@H]4O[C@H](CO)[C@@H](O[C@@H]5O[C@H](CO)[C@H](O)[C@H](O)[C@H]5O[C@@H]5O[C@@H](C)[C@@H](O)[C@@H](O)[C@@H]5O)[C@H](O)[C@H]4NC(C)=O)[C@@H](O[C@@H]4O[C@H](CO)[C@@H](O)[C@H](O)[C@H]4NC(C)=O)[C@H](O[C@H]4O[C@H](CO)[C@@H](O)[C@H](O)[C@@H]4O[C@@H]4O[C@H](CO)[C@@H](O[C@@H]5O[C@H](CO)[C@H](O)[C@H](O)[C@H]5O[C@@H]5O[C@@H](C)[C@@H](O)[C@@H](O)[C@@H]5O)[C@H](O)[C@H]4NC(C)=O)[C@@H]3O)[C@H](O)[C@H]2NC(C)=O)[C@@H](CO)O[C@H]1O. The van der Waals surface area contributed by atoms with Gasteiger partial charge >= 0.3 is 0 Å². The highest BCUT2D eigenvalue weighted by Crippen LogP contribution is 2.44. The van der Waals surface area contributed by atoms with E-state index in [1.165, 1.54) is 13.8 Å². The second-order valence-electron chi connectivity index (χ2n) is 37.3. The Kier molecular flexibility index (Phi) is 42.8. The summed E-state index contributed by atoms with van der Waals surface area (Å²) in [7, 11) is 0. The highest BCUT2D eigenvalue weighted by atomic mass is 16.8. The maximum atomic E-state index is 13.6. The summed E-state index contributed by atoms with van der Waals surface area (Å²) in [6, 6.07) is -10.2. The number of amides is 5. The van der Waals surface area contributed by atoms with E-state index >= 15 is 0 Å². The van der Waals surface area contributed by atoms with Gasteiger partial charge in [-0.2, -0.15) is 0 Å². The fourth-order valence-corrected chi connectivity index (χ4v) is 19.2. The summed E-state index contributed by atoms with van der Waals surface area (Å²) in [6.45, 7) is -5.43. The second kappa shape index (κ2) is 52.2. The molecule has 5 amide bonds. The number of carbonyl (C=O) groups is 5. The molecule has 0 aliphatic carbocycles. The number of nitrogens with one attached hydrogen (secondary N) is 5. The Labute approximate surface area is 827 Å². The predicted octanol–water partition coefficient (Wildman–Crippen LogP) is -24.4. The quantitative estimate of drug-likeness (QED) is 0.0275. The van der Waals surface area contributed by atoms with E-state index in [-0.39, 0.29) is 0 Å². The highest BCUT2D eigenvalue weighted by Gasteiger charge is 2.64. The molecule has 64 heteroatoms. The minimum atomic E-state index is -2.85. The van der Waals surface area contributed by atoms with E-state index in [1.54, 1.807) is 0 Å². The molecule has 0 bridgehead atoms. The van der Waals surface area contributed by atoms with Crippen LogP contribution < -0.4 is 26.6 Å². The van der Waals surface area contributed by atoms with Crippen LogP contribution in [0.2, 0.25) is 0 Å². The van der Waals surface area contributed by atoms with Crippen molar-refractivity contribution in [3.63, 3.8) is 0 Å². The minimum Gasteiger partial charge on any atom is -0.394 e. The summed E-state index contributed by atoms with van der Waals surface area (Å²) < 4.78 is 141. The molecule has 0 spiro atoms.